The normalized spacial score (nSPS) is 23.8. The summed E-state index contributed by atoms with van der Waals surface area (Å²) in [5, 5.41) is 3.45. The van der Waals surface area contributed by atoms with Gasteiger partial charge in [0.15, 0.2) is 0 Å². The van der Waals surface area contributed by atoms with Crippen molar-refractivity contribution >= 4 is 0 Å². The first-order valence-electron chi connectivity index (χ1n) is 7.28. The van der Waals surface area contributed by atoms with E-state index < -0.39 is 0 Å². The maximum Gasteiger partial charge on any atom is 0.212 e. The quantitative estimate of drug-likeness (QED) is 0.799. The van der Waals surface area contributed by atoms with Gasteiger partial charge in [-0.15, -0.1) is 0 Å². The van der Waals surface area contributed by atoms with Crippen LogP contribution in [-0.4, -0.2) is 56.4 Å². The van der Waals surface area contributed by atoms with Crippen LogP contribution in [-0.2, 0) is 4.74 Å². The third-order valence-electron chi connectivity index (χ3n) is 3.69. The summed E-state index contributed by atoms with van der Waals surface area (Å²) in [4.78, 5) is 6.65. The van der Waals surface area contributed by atoms with Crippen molar-refractivity contribution in [1.82, 2.24) is 15.2 Å². The zero-order valence-electron chi connectivity index (χ0n) is 12.6. The lowest BCUT2D eigenvalue weighted by molar-refractivity contribution is -0.0613. The van der Waals surface area contributed by atoms with E-state index in [-0.39, 0.29) is 12.1 Å². The van der Waals surface area contributed by atoms with E-state index in [2.05, 4.69) is 35.2 Å². The fourth-order valence-electron chi connectivity index (χ4n) is 2.61. The van der Waals surface area contributed by atoms with Crippen LogP contribution in [0.5, 0.6) is 5.88 Å². The fraction of sp³-hybridized carbons (Fsp3) is 0.667. The van der Waals surface area contributed by atoms with Crippen LogP contribution in [0.1, 0.15) is 24.9 Å². The van der Waals surface area contributed by atoms with E-state index in [0.717, 1.165) is 32.7 Å². The van der Waals surface area contributed by atoms with Gasteiger partial charge in [0.1, 0.15) is 0 Å². The van der Waals surface area contributed by atoms with Crippen LogP contribution in [0.2, 0.25) is 0 Å². The molecule has 0 bridgehead atoms. The molecule has 1 fully saturated rings. The minimum Gasteiger partial charge on any atom is -0.481 e. The van der Waals surface area contributed by atoms with E-state index >= 15 is 0 Å². The van der Waals surface area contributed by atoms with Gasteiger partial charge in [0, 0.05) is 25.4 Å². The van der Waals surface area contributed by atoms with Gasteiger partial charge in [-0.3, -0.25) is 4.90 Å². The Bertz CT molecular complexity index is 397. The van der Waals surface area contributed by atoms with Crippen LogP contribution in [0.4, 0.5) is 0 Å². The molecule has 112 valence electrons. The van der Waals surface area contributed by atoms with Crippen molar-refractivity contribution in [3.63, 3.8) is 0 Å². The molecule has 0 saturated carbocycles. The smallest absolute Gasteiger partial charge is 0.212 e. The van der Waals surface area contributed by atoms with Crippen LogP contribution >= 0.6 is 0 Å². The standard InChI is InChI=1S/C15H25N3O2/c1-4-7-16-11-13-15(18(2)8-9-20-13)12-5-6-14(19-3)17-10-12/h5-6,10,13,15-16H,4,7-9,11H2,1-3H3. The highest BCUT2D eigenvalue weighted by Gasteiger charge is 2.31. The van der Waals surface area contributed by atoms with Gasteiger partial charge in [0.2, 0.25) is 5.88 Å². The monoisotopic (exact) mass is 279 g/mol. The maximum absolute atomic E-state index is 5.96. The van der Waals surface area contributed by atoms with Crippen molar-refractivity contribution in [2.24, 2.45) is 0 Å². The van der Waals surface area contributed by atoms with Crippen molar-refractivity contribution in [1.29, 1.82) is 0 Å². The van der Waals surface area contributed by atoms with Gasteiger partial charge in [-0.1, -0.05) is 13.0 Å². The molecule has 1 saturated heterocycles. The Kier molecular flexibility index (Phi) is 5.76. The Balaban J connectivity index is 2.09. The number of methoxy groups -OCH3 is 1. The molecule has 2 atom stereocenters. The summed E-state index contributed by atoms with van der Waals surface area (Å²) in [5.41, 5.74) is 1.18. The van der Waals surface area contributed by atoms with Gasteiger partial charge >= 0.3 is 0 Å². The van der Waals surface area contributed by atoms with Crippen LogP contribution in [0.15, 0.2) is 18.3 Å². The summed E-state index contributed by atoms with van der Waals surface area (Å²) in [6, 6.07) is 4.23. The molecule has 0 aliphatic carbocycles. The lowest BCUT2D eigenvalue weighted by Gasteiger charge is -2.39. The maximum atomic E-state index is 5.96. The lowest BCUT2D eigenvalue weighted by Crippen LogP contribution is -2.47. The first-order valence-corrected chi connectivity index (χ1v) is 7.28. The van der Waals surface area contributed by atoms with Gasteiger partial charge in [0.05, 0.1) is 25.9 Å². The summed E-state index contributed by atoms with van der Waals surface area (Å²) in [7, 11) is 3.78. The zero-order valence-corrected chi connectivity index (χ0v) is 12.6. The largest absolute Gasteiger partial charge is 0.481 e. The number of nitrogens with zero attached hydrogens (tertiary/aromatic N) is 2. The van der Waals surface area contributed by atoms with Crippen LogP contribution in [0.25, 0.3) is 0 Å². The molecule has 0 radical (unpaired) electrons. The molecule has 20 heavy (non-hydrogen) atoms. The second kappa shape index (κ2) is 7.57. The predicted molar refractivity (Wildman–Crippen MR) is 79.1 cm³/mol. The first-order chi connectivity index (χ1) is 9.76. The van der Waals surface area contributed by atoms with Crippen molar-refractivity contribution in [3.05, 3.63) is 23.9 Å². The van der Waals surface area contributed by atoms with E-state index in [9.17, 15) is 0 Å². The van der Waals surface area contributed by atoms with Crippen LogP contribution in [0.3, 0.4) is 0 Å². The van der Waals surface area contributed by atoms with E-state index in [0.29, 0.717) is 5.88 Å². The summed E-state index contributed by atoms with van der Waals surface area (Å²) < 4.78 is 11.1. The first kappa shape index (κ1) is 15.2. The molecule has 0 aromatic carbocycles. The molecule has 1 aliphatic rings. The third kappa shape index (κ3) is 3.69. The van der Waals surface area contributed by atoms with Gasteiger partial charge in [-0.2, -0.15) is 0 Å². The topological polar surface area (TPSA) is 46.6 Å². The van der Waals surface area contributed by atoms with Crippen molar-refractivity contribution in [2.45, 2.75) is 25.5 Å². The average molecular weight is 279 g/mol. The Labute approximate surface area is 121 Å². The Morgan fingerprint density at radius 1 is 1.50 bits per heavy atom. The van der Waals surface area contributed by atoms with Crippen molar-refractivity contribution < 1.29 is 9.47 Å². The van der Waals surface area contributed by atoms with E-state index in [1.165, 1.54) is 5.56 Å². The molecule has 0 amide bonds. The summed E-state index contributed by atoms with van der Waals surface area (Å²) in [6.45, 7) is 5.80. The number of rotatable bonds is 6. The molecular weight excluding hydrogens is 254 g/mol. The number of nitrogens with one attached hydrogen (secondary N) is 1. The second-order valence-corrected chi connectivity index (χ2v) is 5.17. The molecule has 5 nitrogen and oxygen atoms in total. The molecule has 0 spiro atoms. The lowest BCUT2D eigenvalue weighted by atomic mass is 10.00. The SMILES string of the molecule is CCCNCC1OCCN(C)C1c1ccc(OC)nc1. The number of hydrogen-bond donors (Lipinski definition) is 1. The minimum atomic E-state index is 0.162. The summed E-state index contributed by atoms with van der Waals surface area (Å²) in [5.74, 6) is 0.647. The number of pyridine rings is 1. The molecule has 2 heterocycles. The highest BCUT2D eigenvalue weighted by molar-refractivity contribution is 5.22. The van der Waals surface area contributed by atoms with E-state index in [4.69, 9.17) is 9.47 Å². The highest BCUT2D eigenvalue weighted by atomic mass is 16.5. The van der Waals surface area contributed by atoms with Gasteiger partial charge < -0.3 is 14.8 Å². The molecule has 2 unspecified atom stereocenters. The summed E-state index contributed by atoms with van der Waals surface area (Å²) in [6.07, 6.45) is 3.19. The van der Waals surface area contributed by atoms with Gasteiger partial charge in [-0.05, 0) is 25.6 Å². The second-order valence-electron chi connectivity index (χ2n) is 5.17. The number of likely N-dealkylation sites (N-methyl/N-ethyl adjacent to an activating group) is 1. The number of aromatic nitrogens is 1. The van der Waals surface area contributed by atoms with Gasteiger partial charge in [0.25, 0.3) is 0 Å². The molecule has 2 rings (SSSR count). The molecule has 1 aromatic rings. The number of ether oxygens (including phenoxy) is 2. The minimum absolute atomic E-state index is 0.162. The molecule has 1 N–H and O–H groups in total. The summed E-state index contributed by atoms with van der Waals surface area (Å²) >= 11 is 0. The van der Waals surface area contributed by atoms with Crippen LogP contribution in [0, 0.1) is 0 Å². The van der Waals surface area contributed by atoms with Gasteiger partial charge in [-0.25, -0.2) is 4.98 Å². The average Bonchev–Trinajstić information content (AvgIpc) is 2.48. The fourth-order valence-corrected chi connectivity index (χ4v) is 2.61. The molecule has 1 aliphatic heterocycles. The van der Waals surface area contributed by atoms with E-state index in [1.807, 2.05) is 12.3 Å². The number of morpholine rings is 1. The molecular formula is C15H25N3O2. The third-order valence-corrected chi connectivity index (χ3v) is 3.69. The predicted octanol–water partition coefficient (Wildman–Crippen LogP) is 1.46. The Morgan fingerprint density at radius 3 is 3.00 bits per heavy atom. The van der Waals surface area contributed by atoms with E-state index in [1.54, 1.807) is 7.11 Å². The number of hydrogen-bond acceptors (Lipinski definition) is 5. The molecule has 1 aromatic heterocycles. The highest BCUT2D eigenvalue weighted by Crippen LogP contribution is 2.28. The Hall–Kier alpha value is -1.17. The Morgan fingerprint density at radius 2 is 2.35 bits per heavy atom. The van der Waals surface area contributed by atoms with Crippen molar-refractivity contribution in [3.8, 4) is 5.88 Å². The van der Waals surface area contributed by atoms with Crippen LogP contribution < -0.4 is 10.1 Å². The zero-order chi connectivity index (χ0) is 14.4. The van der Waals surface area contributed by atoms with Crippen molar-refractivity contribution in [2.75, 3.05) is 40.4 Å². The molecule has 5 heteroatoms.